The fourth-order valence-corrected chi connectivity index (χ4v) is 3.30. The lowest BCUT2D eigenvalue weighted by Gasteiger charge is -2.31. The monoisotopic (exact) mass is 240 g/mol. The predicted molar refractivity (Wildman–Crippen MR) is 64.2 cm³/mol. The first-order valence-corrected chi connectivity index (χ1v) is 6.56. The molecule has 1 saturated heterocycles. The lowest BCUT2D eigenvalue weighted by atomic mass is 9.86. The van der Waals surface area contributed by atoms with Crippen LogP contribution in [0.3, 0.4) is 0 Å². The zero-order chi connectivity index (χ0) is 11.8. The van der Waals surface area contributed by atoms with Crippen LogP contribution in [-0.2, 0) is 5.41 Å². The normalized spacial score (nSPS) is 25.6. The number of aromatic carboxylic acids is 1. The number of aromatic nitrogens is 2. The van der Waals surface area contributed by atoms with Gasteiger partial charge in [-0.2, -0.15) is 11.8 Å². The van der Waals surface area contributed by atoms with Gasteiger partial charge in [-0.1, -0.05) is 6.92 Å². The largest absolute Gasteiger partial charge is 0.476 e. The van der Waals surface area contributed by atoms with Crippen LogP contribution >= 0.6 is 11.8 Å². The van der Waals surface area contributed by atoms with Crippen molar-refractivity contribution in [2.45, 2.75) is 32.1 Å². The number of imidazole rings is 1. The van der Waals surface area contributed by atoms with Crippen LogP contribution in [0.4, 0.5) is 0 Å². The zero-order valence-corrected chi connectivity index (χ0v) is 10.4. The van der Waals surface area contributed by atoms with E-state index >= 15 is 0 Å². The number of thioether (sulfide) groups is 1. The van der Waals surface area contributed by atoms with Crippen LogP contribution in [0.5, 0.6) is 0 Å². The van der Waals surface area contributed by atoms with E-state index in [4.69, 9.17) is 5.11 Å². The van der Waals surface area contributed by atoms with Crippen molar-refractivity contribution in [3.63, 3.8) is 0 Å². The number of rotatable bonds is 2. The molecule has 2 N–H and O–H groups in total. The van der Waals surface area contributed by atoms with Gasteiger partial charge in [-0.3, -0.25) is 0 Å². The number of carbonyl (C=O) groups is 1. The first-order chi connectivity index (χ1) is 7.53. The second-order valence-corrected chi connectivity index (χ2v) is 5.69. The lowest BCUT2D eigenvalue weighted by molar-refractivity contribution is 0.0690. The standard InChI is InChI=1S/C11H16N2O2S/c1-7-8(9(14)15)13-10(12-7)11(2)4-3-5-16-6-11/h3-6H2,1-2H3,(H,12,13)(H,14,15). The molecule has 2 rings (SSSR count). The summed E-state index contributed by atoms with van der Waals surface area (Å²) < 4.78 is 0. The summed E-state index contributed by atoms with van der Waals surface area (Å²) in [6, 6.07) is 0. The van der Waals surface area contributed by atoms with Crippen LogP contribution in [0.15, 0.2) is 0 Å². The van der Waals surface area contributed by atoms with Crippen LogP contribution in [-0.4, -0.2) is 32.5 Å². The van der Waals surface area contributed by atoms with Crippen molar-refractivity contribution in [3.8, 4) is 0 Å². The van der Waals surface area contributed by atoms with Crippen LogP contribution in [0.25, 0.3) is 0 Å². The SMILES string of the molecule is Cc1[nH]c(C2(C)CCCSC2)nc1C(=O)O. The summed E-state index contributed by atoms with van der Waals surface area (Å²) >= 11 is 1.91. The van der Waals surface area contributed by atoms with Crippen LogP contribution in [0.2, 0.25) is 0 Å². The number of aryl methyl sites for hydroxylation is 1. The maximum Gasteiger partial charge on any atom is 0.356 e. The van der Waals surface area contributed by atoms with Gasteiger partial charge in [0.15, 0.2) is 5.69 Å². The van der Waals surface area contributed by atoms with Crippen LogP contribution in [0, 0.1) is 6.92 Å². The molecule has 0 bridgehead atoms. The average molecular weight is 240 g/mol. The molecule has 1 aromatic heterocycles. The van der Waals surface area contributed by atoms with Crippen LogP contribution in [0.1, 0.15) is 41.8 Å². The molecule has 0 saturated carbocycles. The van der Waals surface area contributed by atoms with Crippen molar-refractivity contribution in [1.82, 2.24) is 9.97 Å². The molecule has 1 aliphatic rings. The smallest absolute Gasteiger partial charge is 0.356 e. The minimum absolute atomic E-state index is 0.00137. The molecule has 1 fully saturated rings. The van der Waals surface area contributed by atoms with E-state index in [-0.39, 0.29) is 11.1 Å². The molecule has 5 heteroatoms. The lowest BCUT2D eigenvalue weighted by Crippen LogP contribution is -2.30. The van der Waals surface area contributed by atoms with Gasteiger partial charge in [-0.15, -0.1) is 0 Å². The Kier molecular flexibility index (Phi) is 2.97. The van der Waals surface area contributed by atoms with Crippen molar-refractivity contribution in [3.05, 3.63) is 17.2 Å². The Labute approximate surface area is 98.9 Å². The molecular weight excluding hydrogens is 224 g/mol. The van der Waals surface area contributed by atoms with Gasteiger partial charge in [0.2, 0.25) is 0 Å². The Morgan fingerprint density at radius 1 is 1.62 bits per heavy atom. The van der Waals surface area contributed by atoms with E-state index < -0.39 is 5.97 Å². The third kappa shape index (κ3) is 1.96. The Morgan fingerprint density at radius 3 is 2.88 bits per heavy atom. The number of nitrogens with zero attached hydrogens (tertiary/aromatic N) is 1. The molecule has 88 valence electrons. The summed E-state index contributed by atoms with van der Waals surface area (Å²) in [7, 11) is 0. The molecule has 1 unspecified atom stereocenters. The Morgan fingerprint density at radius 2 is 2.38 bits per heavy atom. The number of carboxylic acid groups (broad SMARTS) is 1. The third-order valence-electron chi connectivity index (χ3n) is 3.10. The number of nitrogens with one attached hydrogen (secondary N) is 1. The highest BCUT2D eigenvalue weighted by Crippen LogP contribution is 2.36. The maximum atomic E-state index is 10.9. The third-order valence-corrected chi connectivity index (χ3v) is 4.52. The number of carboxylic acids is 1. The summed E-state index contributed by atoms with van der Waals surface area (Å²) in [5, 5.41) is 8.97. The number of aromatic amines is 1. The molecule has 0 amide bonds. The van der Waals surface area contributed by atoms with E-state index in [2.05, 4.69) is 16.9 Å². The summed E-state index contributed by atoms with van der Waals surface area (Å²) in [5.74, 6) is 2.08. The van der Waals surface area contributed by atoms with Gasteiger partial charge >= 0.3 is 5.97 Å². The predicted octanol–water partition coefficient (Wildman–Crippen LogP) is 2.20. The van der Waals surface area contributed by atoms with Gasteiger partial charge in [0.05, 0.1) is 0 Å². The fourth-order valence-electron chi connectivity index (χ4n) is 2.08. The molecule has 4 nitrogen and oxygen atoms in total. The van der Waals surface area contributed by atoms with E-state index in [9.17, 15) is 4.79 Å². The van der Waals surface area contributed by atoms with Crippen molar-refractivity contribution in [1.29, 1.82) is 0 Å². The molecule has 0 spiro atoms. The van der Waals surface area contributed by atoms with Crippen molar-refractivity contribution in [2.24, 2.45) is 0 Å². The number of H-pyrrole nitrogens is 1. The molecule has 1 atom stereocenters. The highest BCUT2D eigenvalue weighted by Gasteiger charge is 2.33. The van der Waals surface area contributed by atoms with Crippen molar-refractivity contribution in [2.75, 3.05) is 11.5 Å². The summed E-state index contributed by atoms with van der Waals surface area (Å²) in [4.78, 5) is 18.3. The highest BCUT2D eigenvalue weighted by atomic mass is 32.2. The maximum absolute atomic E-state index is 10.9. The minimum Gasteiger partial charge on any atom is -0.476 e. The van der Waals surface area contributed by atoms with E-state index in [1.165, 1.54) is 12.2 Å². The van der Waals surface area contributed by atoms with Gasteiger partial charge in [-0.25, -0.2) is 9.78 Å². The van der Waals surface area contributed by atoms with Crippen molar-refractivity contribution >= 4 is 17.7 Å². The second-order valence-electron chi connectivity index (χ2n) is 4.58. The quantitative estimate of drug-likeness (QED) is 0.831. The van der Waals surface area contributed by atoms with E-state index in [1.807, 2.05) is 11.8 Å². The number of hydrogen-bond acceptors (Lipinski definition) is 3. The average Bonchev–Trinajstić information content (AvgIpc) is 2.62. The van der Waals surface area contributed by atoms with Gasteiger partial charge in [-0.05, 0) is 25.5 Å². The summed E-state index contributed by atoms with van der Waals surface area (Å²) in [6.07, 6.45) is 2.25. The second kappa shape index (κ2) is 4.13. The Bertz CT molecular complexity index is 408. The highest BCUT2D eigenvalue weighted by molar-refractivity contribution is 7.99. The molecule has 0 aliphatic carbocycles. The topological polar surface area (TPSA) is 66.0 Å². The number of hydrogen-bond donors (Lipinski definition) is 2. The molecule has 1 aliphatic heterocycles. The van der Waals surface area contributed by atoms with Crippen LogP contribution < -0.4 is 0 Å². The first-order valence-electron chi connectivity index (χ1n) is 5.41. The van der Waals surface area contributed by atoms with E-state index in [0.717, 1.165) is 18.0 Å². The molecule has 0 aromatic carbocycles. The van der Waals surface area contributed by atoms with Crippen molar-refractivity contribution < 1.29 is 9.90 Å². The molecule has 2 heterocycles. The molecule has 16 heavy (non-hydrogen) atoms. The first kappa shape index (κ1) is 11.5. The van der Waals surface area contributed by atoms with E-state index in [0.29, 0.717) is 5.69 Å². The molecule has 0 radical (unpaired) electrons. The summed E-state index contributed by atoms with van der Waals surface area (Å²) in [6.45, 7) is 3.92. The van der Waals surface area contributed by atoms with Gasteiger partial charge in [0, 0.05) is 16.9 Å². The Balaban J connectivity index is 2.33. The molecular formula is C11H16N2O2S. The van der Waals surface area contributed by atoms with Gasteiger partial charge in [0.1, 0.15) is 5.82 Å². The van der Waals surface area contributed by atoms with E-state index in [1.54, 1.807) is 6.92 Å². The summed E-state index contributed by atoms with van der Waals surface area (Å²) in [5.41, 5.74) is 0.813. The zero-order valence-electron chi connectivity index (χ0n) is 9.54. The fraction of sp³-hybridized carbons (Fsp3) is 0.636. The van der Waals surface area contributed by atoms with Gasteiger partial charge < -0.3 is 10.1 Å². The minimum atomic E-state index is -0.952. The van der Waals surface area contributed by atoms with Gasteiger partial charge in [0.25, 0.3) is 0 Å². The Hall–Kier alpha value is -0.970. The molecule has 1 aromatic rings.